The highest BCUT2D eigenvalue weighted by Crippen LogP contribution is 2.45. The molecular formula is C19H22O5. The minimum absolute atomic E-state index is 0.0243. The van der Waals surface area contributed by atoms with E-state index in [9.17, 15) is 20.1 Å². The summed E-state index contributed by atoms with van der Waals surface area (Å²) in [6.07, 6.45) is 0.829. The minimum Gasteiger partial charge on any atom is -0.504 e. The molecule has 3 N–H and O–H groups in total. The molecule has 5 heteroatoms. The van der Waals surface area contributed by atoms with Crippen LogP contribution in [-0.4, -0.2) is 15.3 Å². The van der Waals surface area contributed by atoms with Crippen LogP contribution in [-0.2, 0) is 0 Å². The SMILES string of the molecule is CC.CCC(C)c1c2ccc(=O)c(O)c-2oc2c(O)c(O)ccc12. The van der Waals surface area contributed by atoms with Crippen LogP contribution in [0.1, 0.15) is 45.6 Å². The third kappa shape index (κ3) is 2.66. The van der Waals surface area contributed by atoms with Gasteiger partial charge in [0.1, 0.15) is 0 Å². The Labute approximate surface area is 140 Å². The van der Waals surface area contributed by atoms with E-state index in [1.165, 1.54) is 12.1 Å². The molecule has 0 saturated carbocycles. The first kappa shape index (κ1) is 17.7. The van der Waals surface area contributed by atoms with E-state index < -0.39 is 16.9 Å². The van der Waals surface area contributed by atoms with Crippen molar-refractivity contribution >= 4 is 11.0 Å². The van der Waals surface area contributed by atoms with Crippen LogP contribution in [0.4, 0.5) is 0 Å². The molecule has 1 atom stereocenters. The predicted octanol–water partition coefficient (Wildman–Crippen LogP) is 4.55. The Bertz CT molecular complexity index is 894. The van der Waals surface area contributed by atoms with Crippen LogP contribution >= 0.6 is 0 Å². The Hall–Kier alpha value is -2.69. The zero-order valence-corrected chi connectivity index (χ0v) is 14.3. The van der Waals surface area contributed by atoms with E-state index >= 15 is 0 Å². The van der Waals surface area contributed by atoms with Gasteiger partial charge in [-0.2, -0.15) is 0 Å². The van der Waals surface area contributed by atoms with Crippen molar-refractivity contribution in [2.45, 2.75) is 40.0 Å². The number of fused-ring (bicyclic) bond motifs is 2. The highest BCUT2D eigenvalue weighted by molar-refractivity contribution is 5.94. The maximum Gasteiger partial charge on any atom is 0.224 e. The molecule has 2 aliphatic rings. The summed E-state index contributed by atoms with van der Waals surface area (Å²) in [7, 11) is 0. The van der Waals surface area contributed by atoms with Crippen LogP contribution in [0.15, 0.2) is 33.5 Å². The van der Waals surface area contributed by atoms with Crippen LogP contribution < -0.4 is 5.43 Å². The predicted molar refractivity (Wildman–Crippen MR) is 94.2 cm³/mol. The Morgan fingerprint density at radius 1 is 1.04 bits per heavy atom. The molecule has 0 spiro atoms. The molecule has 1 unspecified atom stereocenters. The molecular weight excluding hydrogens is 308 g/mol. The first-order chi connectivity index (χ1) is 11.5. The average molecular weight is 330 g/mol. The molecule has 0 aromatic heterocycles. The molecule has 128 valence electrons. The van der Waals surface area contributed by atoms with Crippen LogP contribution in [0.2, 0.25) is 0 Å². The first-order valence-corrected chi connectivity index (χ1v) is 8.09. The van der Waals surface area contributed by atoms with Gasteiger partial charge in [-0.05, 0) is 42.2 Å². The van der Waals surface area contributed by atoms with Gasteiger partial charge in [-0.25, -0.2) is 0 Å². The quantitative estimate of drug-likeness (QED) is 0.473. The van der Waals surface area contributed by atoms with Gasteiger partial charge in [0.15, 0.2) is 17.1 Å². The number of phenolic OH excluding ortho intramolecular Hbond substituents is 3. The summed E-state index contributed by atoms with van der Waals surface area (Å²) in [6, 6.07) is 5.97. The van der Waals surface area contributed by atoms with Gasteiger partial charge in [-0.15, -0.1) is 0 Å². The van der Waals surface area contributed by atoms with Crippen molar-refractivity contribution in [3.05, 3.63) is 40.1 Å². The fourth-order valence-electron chi connectivity index (χ4n) is 2.73. The molecule has 5 nitrogen and oxygen atoms in total. The Balaban J connectivity index is 0.00000100. The highest BCUT2D eigenvalue weighted by Gasteiger charge is 2.24. The lowest BCUT2D eigenvalue weighted by Gasteiger charge is -2.20. The van der Waals surface area contributed by atoms with E-state index in [4.69, 9.17) is 4.42 Å². The third-order valence-electron chi connectivity index (χ3n) is 4.09. The molecule has 24 heavy (non-hydrogen) atoms. The van der Waals surface area contributed by atoms with Gasteiger partial charge in [0.25, 0.3) is 0 Å². The monoisotopic (exact) mass is 330 g/mol. The summed E-state index contributed by atoms with van der Waals surface area (Å²) in [5, 5.41) is 30.4. The van der Waals surface area contributed by atoms with Crippen LogP contribution in [0.25, 0.3) is 22.3 Å². The normalized spacial score (nSPS) is 12.0. The van der Waals surface area contributed by atoms with Gasteiger partial charge in [-0.3, -0.25) is 4.79 Å². The lowest BCUT2D eigenvalue weighted by molar-refractivity contribution is 0.397. The van der Waals surface area contributed by atoms with E-state index in [1.54, 1.807) is 12.1 Å². The number of phenols is 3. The molecule has 1 aromatic rings. The molecule has 0 amide bonds. The van der Waals surface area contributed by atoms with E-state index in [0.29, 0.717) is 10.9 Å². The Morgan fingerprint density at radius 2 is 1.71 bits per heavy atom. The zero-order valence-electron chi connectivity index (χ0n) is 14.3. The van der Waals surface area contributed by atoms with Crippen molar-refractivity contribution in [2.75, 3.05) is 0 Å². The second kappa shape index (κ2) is 6.83. The van der Waals surface area contributed by atoms with Crippen LogP contribution in [0, 0.1) is 0 Å². The fraction of sp³-hybridized carbons (Fsp3) is 0.316. The molecule has 1 aromatic carbocycles. The van der Waals surface area contributed by atoms with Gasteiger partial charge in [-0.1, -0.05) is 27.7 Å². The standard InChI is InChI=1S/C17H16O5.C2H6/c1-3-8(2)13-9-4-6-11(18)14(20)16(9)22-17-10(13)5-7-12(19)15(17)21;1-2/h4-8,18,20-21H,3H2,1-2H3;1-2H3. The molecule has 0 bridgehead atoms. The van der Waals surface area contributed by atoms with Crippen molar-refractivity contribution in [1.82, 2.24) is 0 Å². The van der Waals surface area contributed by atoms with Gasteiger partial charge in [0.2, 0.25) is 16.9 Å². The average Bonchev–Trinajstić information content (AvgIpc) is 2.61. The Morgan fingerprint density at radius 3 is 2.33 bits per heavy atom. The maximum absolute atomic E-state index is 11.6. The maximum atomic E-state index is 11.6. The lowest BCUT2D eigenvalue weighted by Crippen LogP contribution is -2.05. The molecule has 0 fully saturated rings. The zero-order chi connectivity index (χ0) is 18.0. The number of aromatic hydroxyl groups is 3. The van der Waals surface area contributed by atoms with Crippen molar-refractivity contribution in [1.29, 1.82) is 0 Å². The largest absolute Gasteiger partial charge is 0.504 e. The number of rotatable bonds is 2. The molecule has 3 rings (SSSR count). The lowest BCUT2D eigenvalue weighted by atomic mass is 9.88. The van der Waals surface area contributed by atoms with E-state index in [0.717, 1.165) is 12.0 Å². The van der Waals surface area contributed by atoms with Crippen LogP contribution in [0.3, 0.4) is 0 Å². The van der Waals surface area contributed by atoms with Crippen molar-refractivity contribution in [2.24, 2.45) is 0 Å². The molecule has 1 aliphatic heterocycles. The highest BCUT2D eigenvalue weighted by atomic mass is 16.4. The van der Waals surface area contributed by atoms with E-state index in [2.05, 4.69) is 0 Å². The summed E-state index contributed by atoms with van der Waals surface area (Å²) in [5.74, 6) is -1.08. The van der Waals surface area contributed by atoms with E-state index in [1.807, 2.05) is 27.7 Å². The molecule has 0 radical (unpaired) electrons. The number of hydrogen-bond acceptors (Lipinski definition) is 5. The summed E-state index contributed by atoms with van der Waals surface area (Å²) < 4.78 is 5.54. The van der Waals surface area contributed by atoms with Gasteiger partial charge in [0, 0.05) is 10.9 Å². The number of benzene rings is 2. The van der Waals surface area contributed by atoms with Crippen LogP contribution in [0.5, 0.6) is 17.2 Å². The topological polar surface area (TPSA) is 90.9 Å². The molecule has 1 heterocycles. The van der Waals surface area contributed by atoms with Gasteiger partial charge >= 0.3 is 0 Å². The van der Waals surface area contributed by atoms with Gasteiger partial charge in [0.05, 0.1) is 0 Å². The van der Waals surface area contributed by atoms with Crippen molar-refractivity contribution < 1.29 is 19.7 Å². The molecule has 1 aliphatic carbocycles. The Kier molecular flexibility index (Phi) is 5.02. The second-order valence-corrected chi connectivity index (χ2v) is 5.42. The summed E-state index contributed by atoms with van der Waals surface area (Å²) in [4.78, 5) is 11.6. The number of hydrogen-bond donors (Lipinski definition) is 3. The third-order valence-corrected chi connectivity index (χ3v) is 4.09. The van der Waals surface area contributed by atoms with Crippen molar-refractivity contribution in [3.8, 4) is 28.6 Å². The fourth-order valence-corrected chi connectivity index (χ4v) is 2.73. The first-order valence-electron chi connectivity index (χ1n) is 8.09. The minimum atomic E-state index is -0.551. The summed E-state index contributed by atoms with van der Waals surface area (Å²) in [6.45, 7) is 8.04. The molecule has 0 saturated heterocycles. The van der Waals surface area contributed by atoms with Crippen molar-refractivity contribution in [3.63, 3.8) is 0 Å². The smallest absolute Gasteiger partial charge is 0.224 e. The van der Waals surface area contributed by atoms with Gasteiger partial charge < -0.3 is 19.7 Å². The summed E-state index contributed by atoms with van der Waals surface area (Å²) >= 11 is 0. The summed E-state index contributed by atoms with van der Waals surface area (Å²) in [5.41, 5.74) is 1.00. The second-order valence-electron chi connectivity index (χ2n) is 5.42. The van der Waals surface area contributed by atoms with E-state index in [-0.39, 0.29) is 23.0 Å².